The van der Waals surface area contributed by atoms with E-state index in [9.17, 15) is 14.0 Å². The van der Waals surface area contributed by atoms with Crippen LogP contribution in [0, 0.1) is 5.82 Å². The fourth-order valence-electron chi connectivity index (χ4n) is 4.57. The molecule has 3 aliphatic heterocycles. The van der Waals surface area contributed by atoms with Gasteiger partial charge in [-0.2, -0.15) is 0 Å². The number of nitrogens with one attached hydrogen (secondary N) is 1. The highest BCUT2D eigenvalue weighted by atomic mass is 19.1. The molecule has 1 atom stereocenters. The van der Waals surface area contributed by atoms with E-state index in [0.29, 0.717) is 54.3 Å². The maximum Gasteiger partial charge on any atom is 0.255 e. The molecule has 3 aliphatic rings. The van der Waals surface area contributed by atoms with Crippen LogP contribution in [0.15, 0.2) is 48.7 Å². The number of hydrogen-bond donors (Lipinski definition) is 1. The Bertz CT molecular complexity index is 1180. The predicted octanol–water partition coefficient (Wildman–Crippen LogP) is 2.99. The highest BCUT2D eigenvalue weighted by molar-refractivity contribution is 6.02. The van der Waals surface area contributed by atoms with Gasteiger partial charge in [0.05, 0.1) is 21.1 Å². The van der Waals surface area contributed by atoms with Gasteiger partial charge in [-0.25, -0.2) is 4.39 Å². The molecule has 0 radical (unpaired) electrons. The Kier molecular flexibility index (Phi) is 5.99. The van der Waals surface area contributed by atoms with Crippen molar-refractivity contribution in [2.75, 3.05) is 26.3 Å². The van der Waals surface area contributed by atoms with Crippen molar-refractivity contribution in [3.05, 3.63) is 76.7 Å². The second-order valence-electron chi connectivity index (χ2n) is 8.78. The summed E-state index contributed by atoms with van der Waals surface area (Å²) >= 11 is 0. The van der Waals surface area contributed by atoms with E-state index in [1.54, 1.807) is 24.3 Å². The van der Waals surface area contributed by atoms with Crippen molar-refractivity contribution in [1.82, 2.24) is 15.1 Å². The predicted molar refractivity (Wildman–Crippen MR) is 123 cm³/mol. The molecule has 2 aromatic rings. The molecule has 0 aromatic heterocycles. The monoisotopic (exact) mass is 466 g/mol. The van der Waals surface area contributed by atoms with Gasteiger partial charge in [-0.05, 0) is 36.6 Å². The zero-order valence-electron chi connectivity index (χ0n) is 19.9. The van der Waals surface area contributed by atoms with Gasteiger partial charge in [-0.3, -0.25) is 14.5 Å². The van der Waals surface area contributed by atoms with Crippen LogP contribution in [0.25, 0.3) is 0 Å². The molecule has 2 amide bonds. The Labute approximate surface area is 199 Å². The molecular weight excluding hydrogens is 437 g/mol. The number of carbonyl (C=O) groups excluding carboxylic acids is 2. The van der Waals surface area contributed by atoms with Crippen LogP contribution in [0.5, 0.6) is 5.75 Å². The van der Waals surface area contributed by atoms with Crippen LogP contribution in [0.3, 0.4) is 0 Å². The minimum atomic E-state index is -1.71. The van der Waals surface area contributed by atoms with Gasteiger partial charge in [0.1, 0.15) is 24.2 Å². The molecule has 34 heavy (non-hydrogen) atoms. The lowest BCUT2D eigenvalue weighted by Crippen LogP contribution is -2.49. The molecule has 3 heterocycles. The van der Waals surface area contributed by atoms with Gasteiger partial charge in [0.25, 0.3) is 5.91 Å². The number of allylic oxidation sites excluding steroid dienone is 1. The summed E-state index contributed by atoms with van der Waals surface area (Å²) in [6.07, 6.45) is 0.606. The molecule has 1 N–H and O–H groups in total. The number of halogens is 1. The van der Waals surface area contributed by atoms with Crippen molar-refractivity contribution < 1.29 is 24.8 Å². The molecule has 5 rings (SSSR count). The molecule has 2 aromatic carbocycles. The number of piperidine rings is 1. The first-order valence-electron chi connectivity index (χ1n) is 12.0. The molecule has 7 nitrogen and oxygen atoms in total. The number of morpholine rings is 1. The summed E-state index contributed by atoms with van der Waals surface area (Å²) in [5.41, 5.74) is 2.85. The first kappa shape index (κ1) is 21.3. The number of nitrogens with zero attached hydrogens (tertiary/aromatic N) is 2. The average molecular weight is 467 g/mol. The Hall–Kier alpha value is -3.23. The van der Waals surface area contributed by atoms with E-state index in [-0.39, 0.29) is 31.3 Å². The summed E-state index contributed by atoms with van der Waals surface area (Å²) in [7, 11) is 0. The van der Waals surface area contributed by atoms with Crippen LogP contribution < -0.4 is 10.1 Å². The van der Waals surface area contributed by atoms with E-state index in [1.165, 1.54) is 11.0 Å². The van der Waals surface area contributed by atoms with Gasteiger partial charge >= 0.3 is 0 Å². The number of amides is 2. The summed E-state index contributed by atoms with van der Waals surface area (Å²) in [4.78, 5) is 29.1. The van der Waals surface area contributed by atoms with Crippen LogP contribution in [-0.4, -0.2) is 53.9 Å². The lowest BCUT2D eigenvalue weighted by Gasteiger charge is -2.31. The average Bonchev–Trinajstić information content (AvgIpc) is 3.20. The SMILES string of the molecule is [2H][C@@]1(N2Cc3c(OCc4ccc(CN5CCOCC5)cc4F)cccc3C2=O)CCC(=C)NC1=O. The van der Waals surface area contributed by atoms with Crippen molar-refractivity contribution in [2.24, 2.45) is 0 Å². The molecule has 0 aliphatic carbocycles. The molecule has 178 valence electrons. The third-order valence-corrected chi connectivity index (χ3v) is 6.48. The number of carbonyl (C=O) groups is 2. The van der Waals surface area contributed by atoms with Crippen molar-refractivity contribution in [3.63, 3.8) is 0 Å². The Morgan fingerprint density at radius 1 is 1.24 bits per heavy atom. The summed E-state index contributed by atoms with van der Waals surface area (Å²) in [5, 5.41) is 2.59. The second-order valence-corrected chi connectivity index (χ2v) is 8.78. The van der Waals surface area contributed by atoms with Crippen molar-refractivity contribution in [1.29, 1.82) is 0 Å². The molecule has 0 spiro atoms. The number of ether oxygens (including phenoxy) is 2. The normalized spacial score (nSPS) is 23.5. The largest absolute Gasteiger partial charge is 0.488 e. The lowest BCUT2D eigenvalue weighted by atomic mass is 10.0. The van der Waals surface area contributed by atoms with Crippen LogP contribution in [-0.2, 0) is 29.2 Å². The second kappa shape index (κ2) is 9.56. The Balaban J connectivity index is 1.28. The van der Waals surface area contributed by atoms with Crippen LogP contribution in [0.2, 0.25) is 0 Å². The van der Waals surface area contributed by atoms with Gasteiger partial charge in [-0.1, -0.05) is 24.8 Å². The number of hydrogen-bond acceptors (Lipinski definition) is 5. The molecule has 0 bridgehead atoms. The molecular formula is C26H28FN3O4. The van der Waals surface area contributed by atoms with E-state index in [0.717, 1.165) is 18.7 Å². The van der Waals surface area contributed by atoms with Crippen molar-refractivity contribution >= 4 is 11.8 Å². The Morgan fingerprint density at radius 3 is 2.82 bits per heavy atom. The smallest absolute Gasteiger partial charge is 0.255 e. The first-order chi connectivity index (χ1) is 16.8. The molecule has 2 fully saturated rings. The van der Waals surface area contributed by atoms with E-state index >= 15 is 0 Å². The minimum Gasteiger partial charge on any atom is -0.488 e. The van der Waals surface area contributed by atoms with Crippen LogP contribution in [0.1, 0.15) is 41.3 Å². The number of fused-ring (bicyclic) bond motifs is 1. The van der Waals surface area contributed by atoms with Gasteiger partial charge in [0.15, 0.2) is 0 Å². The standard InChI is InChI=1S/C26H28FN3O4/c1-17-5-8-23(25(31)28-17)30-15-21-20(26(30)32)3-2-4-24(21)34-16-19-7-6-18(13-22(19)27)14-29-9-11-33-12-10-29/h2-4,6-7,13,23H,1,5,8-12,14-16H2,(H,28,31)/t23-/m1/s1/i23D. The number of rotatable bonds is 6. The summed E-state index contributed by atoms with van der Waals surface area (Å²) < 4.78 is 34.8. The first-order valence-corrected chi connectivity index (χ1v) is 11.5. The van der Waals surface area contributed by atoms with Gasteiger partial charge in [-0.15, -0.1) is 0 Å². The summed E-state index contributed by atoms with van der Waals surface area (Å²) in [6, 6.07) is 8.53. The minimum absolute atomic E-state index is 0.000634. The number of benzene rings is 2. The fourth-order valence-corrected chi connectivity index (χ4v) is 4.57. The summed E-state index contributed by atoms with van der Waals surface area (Å²) in [5.74, 6) is -0.844. The quantitative estimate of drug-likeness (QED) is 0.709. The van der Waals surface area contributed by atoms with Crippen molar-refractivity contribution in [2.45, 2.75) is 38.6 Å². The van der Waals surface area contributed by atoms with E-state index in [2.05, 4.69) is 16.8 Å². The van der Waals surface area contributed by atoms with Gasteiger partial charge in [0, 0.05) is 42.0 Å². The zero-order chi connectivity index (χ0) is 24.6. The maximum atomic E-state index is 14.8. The van der Waals surface area contributed by atoms with E-state index in [4.69, 9.17) is 10.8 Å². The molecule has 2 saturated heterocycles. The fraction of sp³-hybridized carbons (Fsp3) is 0.385. The molecule has 8 heteroatoms. The molecule has 0 saturated carbocycles. The maximum absolute atomic E-state index is 14.8. The van der Waals surface area contributed by atoms with Crippen LogP contribution in [0.4, 0.5) is 4.39 Å². The van der Waals surface area contributed by atoms with Crippen LogP contribution >= 0.6 is 0 Å². The third kappa shape index (κ3) is 4.56. The summed E-state index contributed by atoms with van der Waals surface area (Å²) in [6.45, 7) is 7.54. The van der Waals surface area contributed by atoms with E-state index < -0.39 is 11.9 Å². The van der Waals surface area contributed by atoms with E-state index in [1.807, 2.05) is 6.07 Å². The zero-order valence-corrected chi connectivity index (χ0v) is 18.9. The molecule has 0 unspecified atom stereocenters. The Morgan fingerprint density at radius 2 is 2.06 bits per heavy atom. The topological polar surface area (TPSA) is 71.1 Å². The third-order valence-electron chi connectivity index (χ3n) is 6.48. The lowest BCUT2D eigenvalue weighted by molar-refractivity contribution is -0.126. The van der Waals surface area contributed by atoms with Crippen molar-refractivity contribution in [3.8, 4) is 5.75 Å². The van der Waals surface area contributed by atoms with Gasteiger partial charge in [0.2, 0.25) is 5.91 Å². The highest BCUT2D eigenvalue weighted by Crippen LogP contribution is 2.34. The van der Waals surface area contributed by atoms with Gasteiger partial charge < -0.3 is 19.7 Å². The highest BCUT2D eigenvalue weighted by Gasteiger charge is 2.39.